The molecule has 32 heavy (non-hydrogen) atoms. The number of nitrogens with zero attached hydrogens (tertiary/aromatic N) is 3. The second-order valence-corrected chi connectivity index (χ2v) is 10.5. The summed E-state index contributed by atoms with van der Waals surface area (Å²) in [6, 6.07) is 7.43. The highest BCUT2D eigenvalue weighted by molar-refractivity contribution is 7.89. The molecule has 0 aliphatic carbocycles. The first-order chi connectivity index (χ1) is 15.1. The van der Waals surface area contributed by atoms with Gasteiger partial charge < -0.3 is 5.32 Å². The molecule has 2 aromatic carbocycles. The highest BCUT2D eigenvalue weighted by atomic mass is 32.2. The molecule has 11 heteroatoms. The summed E-state index contributed by atoms with van der Waals surface area (Å²) in [6.07, 6.45) is 1.20. The second-order valence-electron chi connectivity index (χ2n) is 7.62. The van der Waals surface area contributed by atoms with Crippen LogP contribution in [0.2, 0.25) is 0 Å². The molecule has 1 aromatic heterocycles. The van der Waals surface area contributed by atoms with Crippen LogP contribution in [0.25, 0.3) is 0 Å². The lowest BCUT2D eigenvalue weighted by molar-refractivity contribution is 0.102. The molecule has 168 valence electrons. The van der Waals surface area contributed by atoms with Crippen LogP contribution in [0.5, 0.6) is 0 Å². The summed E-state index contributed by atoms with van der Waals surface area (Å²) >= 11 is 0.951. The molecule has 1 atom stereocenters. The number of carbonyl (C=O) groups excluding carboxylic acids is 1. The maximum Gasteiger partial charge on any atom is 0.286 e. The number of carbonyl (C=O) groups is 1. The predicted octanol–water partition coefficient (Wildman–Crippen LogP) is 4.21. The van der Waals surface area contributed by atoms with Crippen molar-refractivity contribution in [2.24, 2.45) is 0 Å². The number of anilines is 1. The van der Waals surface area contributed by atoms with Gasteiger partial charge in [-0.3, -0.25) is 4.79 Å². The summed E-state index contributed by atoms with van der Waals surface area (Å²) in [6.45, 7) is 4.02. The number of hydrogen-bond donors (Lipinski definition) is 1. The molecule has 2 heterocycles. The van der Waals surface area contributed by atoms with E-state index < -0.39 is 33.6 Å². The van der Waals surface area contributed by atoms with Gasteiger partial charge in [0, 0.05) is 12.6 Å². The van der Waals surface area contributed by atoms with Crippen LogP contribution in [0.4, 0.5) is 14.5 Å². The second kappa shape index (κ2) is 8.64. The van der Waals surface area contributed by atoms with Crippen LogP contribution in [0, 0.1) is 25.5 Å². The summed E-state index contributed by atoms with van der Waals surface area (Å²) in [5, 5.41) is 10.6. The van der Waals surface area contributed by atoms with E-state index in [1.54, 1.807) is 12.1 Å². The van der Waals surface area contributed by atoms with Gasteiger partial charge in [0.1, 0.15) is 16.6 Å². The summed E-state index contributed by atoms with van der Waals surface area (Å²) in [4.78, 5) is 12.7. The Morgan fingerprint density at radius 3 is 2.53 bits per heavy atom. The number of amides is 1. The van der Waals surface area contributed by atoms with Gasteiger partial charge in [-0.25, -0.2) is 17.2 Å². The summed E-state index contributed by atoms with van der Waals surface area (Å²) in [5.74, 6) is -2.38. The van der Waals surface area contributed by atoms with Gasteiger partial charge in [-0.1, -0.05) is 17.4 Å². The average Bonchev–Trinajstić information content (AvgIpc) is 3.38. The largest absolute Gasteiger partial charge is 0.317 e. The Balaban J connectivity index is 1.57. The van der Waals surface area contributed by atoms with E-state index in [9.17, 15) is 22.0 Å². The van der Waals surface area contributed by atoms with Crippen LogP contribution < -0.4 is 5.32 Å². The number of aryl methyl sites for hydroxylation is 2. The third-order valence-corrected chi connectivity index (χ3v) is 8.01. The maximum atomic E-state index is 13.8. The van der Waals surface area contributed by atoms with E-state index in [1.165, 1.54) is 4.31 Å². The number of halogens is 2. The number of benzene rings is 2. The van der Waals surface area contributed by atoms with Gasteiger partial charge >= 0.3 is 0 Å². The van der Waals surface area contributed by atoms with E-state index in [2.05, 4.69) is 15.5 Å². The Morgan fingerprint density at radius 2 is 1.84 bits per heavy atom. The number of nitrogens with one attached hydrogen (secondary N) is 1. The van der Waals surface area contributed by atoms with Crippen molar-refractivity contribution in [1.29, 1.82) is 0 Å². The fraction of sp³-hybridized carbons (Fsp3) is 0.286. The van der Waals surface area contributed by atoms with Crippen molar-refractivity contribution in [1.82, 2.24) is 14.5 Å². The Labute approximate surface area is 188 Å². The van der Waals surface area contributed by atoms with Crippen LogP contribution in [0.15, 0.2) is 41.3 Å². The molecule has 0 saturated carbocycles. The van der Waals surface area contributed by atoms with Crippen molar-refractivity contribution >= 4 is 33.0 Å². The molecule has 1 aliphatic heterocycles. The van der Waals surface area contributed by atoms with Crippen LogP contribution >= 0.6 is 11.3 Å². The smallest absolute Gasteiger partial charge is 0.286 e. The van der Waals surface area contributed by atoms with Crippen molar-refractivity contribution in [3.8, 4) is 0 Å². The lowest BCUT2D eigenvalue weighted by Gasteiger charge is -2.22. The van der Waals surface area contributed by atoms with Crippen LogP contribution in [0.1, 0.15) is 44.8 Å². The van der Waals surface area contributed by atoms with E-state index in [0.29, 0.717) is 30.5 Å². The minimum absolute atomic E-state index is 0.0422. The lowest BCUT2D eigenvalue weighted by Crippen LogP contribution is -2.30. The Morgan fingerprint density at radius 1 is 1.12 bits per heavy atom. The van der Waals surface area contributed by atoms with Crippen molar-refractivity contribution < 1.29 is 22.0 Å². The van der Waals surface area contributed by atoms with Gasteiger partial charge in [-0.15, -0.1) is 10.2 Å². The summed E-state index contributed by atoms with van der Waals surface area (Å²) in [5.41, 5.74) is 1.51. The molecular formula is C21H20F2N4O3S2. The van der Waals surface area contributed by atoms with Gasteiger partial charge in [-0.05, 0) is 62.1 Å². The van der Waals surface area contributed by atoms with Crippen LogP contribution in [0.3, 0.4) is 0 Å². The lowest BCUT2D eigenvalue weighted by atomic mass is 10.2. The molecule has 3 aromatic rings. The molecule has 1 saturated heterocycles. The van der Waals surface area contributed by atoms with Crippen molar-refractivity contribution in [2.75, 3.05) is 11.9 Å². The Hall–Kier alpha value is -2.76. The number of hydrogen-bond acceptors (Lipinski definition) is 6. The Bertz CT molecular complexity index is 1270. The first-order valence-corrected chi connectivity index (χ1v) is 12.1. The zero-order valence-corrected chi connectivity index (χ0v) is 18.9. The molecular weight excluding hydrogens is 458 g/mol. The topological polar surface area (TPSA) is 92.3 Å². The number of sulfonamides is 1. The fourth-order valence-electron chi connectivity index (χ4n) is 3.72. The molecule has 0 unspecified atom stereocenters. The molecule has 0 radical (unpaired) electrons. The minimum atomic E-state index is -3.76. The van der Waals surface area contributed by atoms with Crippen molar-refractivity contribution in [3.63, 3.8) is 0 Å². The first-order valence-electron chi connectivity index (χ1n) is 9.85. The number of aromatic nitrogens is 2. The average molecular weight is 479 g/mol. The minimum Gasteiger partial charge on any atom is -0.317 e. The van der Waals surface area contributed by atoms with Gasteiger partial charge in [0.2, 0.25) is 15.0 Å². The van der Waals surface area contributed by atoms with Crippen molar-refractivity contribution in [2.45, 2.75) is 37.6 Å². The maximum absolute atomic E-state index is 13.8. The molecule has 0 bridgehead atoms. The predicted molar refractivity (Wildman–Crippen MR) is 116 cm³/mol. The van der Waals surface area contributed by atoms with Gasteiger partial charge in [0.15, 0.2) is 0 Å². The molecule has 1 aliphatic rings. The molecule has 0 spiro atoms. The highest BCUT2D eigenvalue weighted by Gasteiger charge is 2.38. The van der Waals surface area contributed by atoms with E-state index in [0.717, 1.165) is 34.6 Å². The molecule has 1 fully saturated rings. The summed E-state index contributed by atoms with van der Waals surface area (Å²) in [7, 11) is -3.76. The zero-order chi connectivity index (χ0) is 23.0. The van der Waals surface area contributed by atoms with Gasteiger partial charge in [-0.2, -0.15) is 4.31 Å². The molecule has 1 amide bonds. The third kappa shape index (κ3) is 4.41. The normalized spacial score (nSPS) is 16.9. The molecule has 7 nitrogen and oxygen atoms in total. The standard InChI is InChI=1S/C21H20F2N4O3S2/c1-12-8-13(2)10-15(9-12)32(29,30)27-7-3-4-18(27)20-25-26-21(31-20)19(28)24-17-6-5-14(22)11-16(17)23/h5-6,8-11,18H,3-4,7H2,1-2H3,(H,24,28)/t18-/m0/s1. The van der Waals surface area contributed by atoms with E-state index in [-0.39, 0.29) is 15.6 Å². The third-order valence-electron chi connectivity index (χ3n) is 5.10. The zero-order valence-electron chi connectivity index (χ0n) is 17.3. The molecule has 4 rings (SSSR count). The Kier molecular flexibility index (Phi) is 6.06. The van der Waals surface area contributed by atoms with Crippen LogP contribution in [-0.4, -0.2) is 35.4 Å². The fourth-order valence-corrected chi connectivity index (χ4v) is 6.52. The van der Waals surface area contributed by atoms with Crippen molar-refractivity contribution in [3.05, 3.63) is 69.2 Å². The molecule has 1 N–H and O–H groups in total. The monoisotopic (exact) mass is 478 g/mol. The van der Waals surface area contributed by atoms with E-state index in [4.69, 9.17) is 0 Å². The quantitative estimate of drug-likeness (QED) is 0.593. The summed E-state index contributed by atoms with van der Waals surface area (Å²) < 4.78 is 54.9. The van der Waals surface area contributed by atoms with Gasteiger partial charge in [0.05, 0.1) is 16.6 Å². The first kappa shape index (κ1) is 22.4. The SMILES string of the molecule is Cc1cc(C)cc(S(=O)(=O)N2CCC[C@H]2c2nnc(C(=O)Nc3ccc(F)cc3F)s2)c1. The van der Waals surface area contributed by atoms with Crippen LogP contribution in [-0.2, 0) is 10.0 Å². The number of rotatable bonds is 5. The van der Waals surface area contributed by atoms with Gasteiger partial charge in [0.25, 0.3) is 5.91 Å². The highest BCUT2D eigenvalue weighted by Crippen LogP contribution is 2.38. The van der Waals surface area contributed by atoms with E-state index >= 15 is 0 Å². The van der Waals surface area contributed by atoms with E-state index in [1.807, 2.05) is 19.9 Å².